The Kier molecular flexibility index (Phi) is 4.69. The van der Waals surface area contributed by atoms with Gasteiger partial charge in [0, 0.05) is 19.6 Å². The van der Waals surface area contributed by atoms with Crippen LogP contribution in [0.3, 0.4) is 0 Å². The van der Waals surface area contributed by atoms with Gasteiger partial charge in [-0.1, -0.05) is 12.1 Å². The van der Waals surface area contributed by atoms with Crippen molar-refractivity contribution in [3.05, 3.63) is 29.8 Å². The number of sulfonamides is 1. The molecular weight excluding hydrogens is 337 g/mol. The van der Waals surface area contributed by atoms with E-state index in [0.717, 1.165) is 16.4 Å². The normalized spacial score (nSPS) is 21.3. The van der Waals surface area contributed by atoms with Gasteiger partial charge in [0.25, 0.3) is 0 Å². The van der Waals surface area contributed by atoms with Crippen LogP contribution in [0.4, 0.5) is 13.2 Å². The molecule has 0 unspecified atom stereocenters. The highest BCUT2D eigenvalue weighted by atomic mass is 32.2. The molecule has 1 atom stereocenters. The summed E-state index contributed by atoms with van der Waals surface area (Å²) in [6, 6.07) is 2.78. The van der Waals surface area contributed by atoms with Gasteiger partial charge >= 0.3 is 12.1 Å². The van der Waals surface area contributed by atoms with Gasteiger partial charge in [-0.05, 0) is 19.2 Å². The third kappa shape index (κ3) is 3.48. The number of hydrogen-bond acceptors (Lipinski definition) is 4. The van der Waals surface area contributed by atoms with E-state index in [4.69, 9.17) is 5.11 Å². The molecule has 128 valence electrons. The molecule has 1 fully saturated rings. The first kappa shape index (κ1) is 17.7. The van der Waals surface area contributed by atoms with Crippen LogP contribution in [0.15, 0.2) is 29.2 Å². The second-order valence-electron chi connectivity index (χ2n) is 5.19. The van der Waals surface area contributed by atoms with Gasteiger partial charge in [0.1, 0.15) is 6.04 Å². The monoisotopic (exact) mass is 352 g/mol. The number of aliphatic carboxylic acids is 1. The van der Waals surface area contributed by atoms with Gasteiger partial charge < -0.3 is 5.11 Å². The second-order valence-corrected chi connectivity index (χ2v) is 7.10. The number of rotatable bonds is 3. The third-order valence-electron chi connectivity index (χ3n) is 3.71. The minimum atomic E-state index is -4.82. The van der Waals surface area contributed by atoms with E-state index in [2.05, 4.69) is 0 Å². The highest BCUT2D eigenvalue weighted by Gasteiger charge is 2.41. The number of nitrogens with zero attached hydrogens (tertiary/aromatic N) is 2. The Labute approximate surface area is 131 Å². The molecule has 1 aliphatic rings. The number of alkyl halides is 3. The summed E-state index contributed by atoms with van der Waals surface area (Å²) >= 11 is 0. The van der Waals surface area contributed by atoms with E-state index >= 15 is 0 Å². The Morgan fingerprint density at radius 1 is 1.26 bits per heavy atom. The van der Waals surface area contributed by atoms with Crippen molar-refractivity contribution in [1.29, 1.82) is 0 Å². The smallest absolute Gasteiger partial charge is 0.417 e. The topological polar surface area (TPSA) is 77.9 Å². The predicted molar refractivity (Wildman–Crippen MR) is 74.3 cm³/mol. The van der Waals surface area contributed by atoms with E-state index in [1.54, 1.807) is 0 Å². The lowest BCUT2D eigenvalue weighted by molar-refractivity contribution is -0.144. The quantitative estimate of drug-likeness (QED) is 0.881. The van der Waals surface area contributed by atoms with Crippen molar-refractivity contribution in [1.82, 2.24) is 9.21 Å². The summed E-state index contributed by atoms with van der Waals surface area (Å²) in [4.78, 5) is 11.7. The zero-order valence-electron chi connectivity index (χ0n) is 12.1. The number of likely N-dealkylation sites (N-methyl/N-ethyl adjacent to an activating group) is 1. The largest absolute Gasteiger partial charge is 0.480 e. The first-order chi connectivity index (χ1) is 10.5. The second kappa shape index (κ2) is 6.10. The van der Waals surface area contributed by atoms with Gasteiger partial charge in [-0.15, -0.1) is 0 Å². The van der Waals surface area contributed by atoms with Crippen LogP contribution >= 0.6 is 0 Å². The van der Waals surface area contributed by atoms with Gasteiger partial charge in [-0.3, -0.25) is 9.69 Å². The molecule has 1 saturated heterocycles. The van der Waals surface area contributed by atoms with Crippen molar-refractivity contribution >= 4 is 16.0 Å². The lowest BCUT2D eigenvalue weighted by Crippen LogP contribution is -2.56. The first-order valence-corrected chi connectivity index (χ1v) is 8.08. The maximum atomic E-state index is 13.0. The molecule has 10 heteroatoms. The fraction of sp³-hybridized carbons (Fsp3) is 0.462. The molecule has 0 saturated carbocycles. The zero-order chi connectivity index (χ0) is 17.4. The molecule has 1 aromatic carbocycles. The molecule has 1 aliphatic heterocycles. The van der Waals surface area contributed by atoms with Gasteiger partial charge in [-0.2, -0.15) is 17.5 Å². The van der Waals surface area contributed by atoms with Crippen LogP contribution < -0.4 is 0 Å². The van der Waals surface area contributed by atoms with Crippen molar-refractivity contribution < 1.29 is 31.5 Å². The van der Waals surface area contributed by atoms with Crippen LogP contribution in [0.2, 0.25) is 0 Å². The Bertz CT molecular complexity index is 705. The molecule has 0 spiro atoms. The van der Waals surface area contributed by atoms with Crippen molar-refractivity contribution in [2.24, 2.45) is 0 Å². The van der Waals surface area contributed by atoms with Gasteiger partial charge in [0.15, 0.2) is 0 Å². The molecule has 1 heterocycles. The van der Waals surface area contributed by atoms with E-state index in [-0.39, 0.29) is 13.1 Å². The summed E-state index contributed by atoms with van der Waals surface area (Å²) in [7, 11) is -2.92. The number of benzene rings is 1. The van der Waals surface area contributed by atoms with Gasteiger partial charge in [0.2, 0.25) is 10.0 Å². The van der Waals surface area contributed by atoms with Crippen molar-refractivity contribution in [3.63, 3.8) is 0 Å². The van der Waals surface area contributed by atoms with Crippen LogP contribution in [0.25, 0.3) is 0 Å². The molecule has 0 radical (unpaired) electrons. The standard InChI is InChI=1S/C13H15F3N2O4S/c1-17-6-7-18(8-10(17)12(19)20)23(21,22)11-5-3-2-4-9(11)13(14,15)16/h2-5,10H,6-8H2,1H3,(H,19,20)/t10-/m0/s1. The summed E-state index contributed by atoms with van der Waals surface area (Å²) in [6.45, 7) is -0.362. The number of piperazine rings is 1. The van der Waals surface area contributed by atoms with Crippen LogP contribution in [0.5, 0.6) is 0 Å². The molecule has 2 rings (SSSR count). The third-order valence-corrected chi connectivity index (χ3v) is 5.63. The van der Waals surface area contributed by atoms with E-state index in [1.165, 1.54) is 18.0 Å². The molecule has 0 aromatic heterocycles. The Hall–Kier alpha value is -1.65. The summed E-state index contributed by atoms with van der Waals surface area (Å²) < 4.78 is 65.0. The molecule has 6 nitrogen and oxygen atoms in total. The average molecular weight is 352 g/mol. The minimum absolute atomic E-state index is 0.0746. The summed E-state index contributed by atoms with van der Waals surface area (Å²) in [5.41, 5.74) is -1.26. The van der Waals surface area contributed by atoms with E-state index in [0.29, 0.717) is 6.07 Å². The first-order valence-electron chi connectivity index (χ1n) is 6.64. The fourth-order valence-corrected chi connectivity index (χ4v) is 4.05. The SMILES string of the molecule is CN1CCN(S(=O)(=O)c2ccccc2C(F)(F)F)C[C@H]1C(=O)O. The molecule has 0 amide bonds. The number of carbonyl (C=O) groups is 1. The molecular formula is C13H15F3N2O4S. The van der Waals surface area contributed by atoms with Crippen LogP contribution in [0, 0.1) is 0 Å². The van der Waals surface area contributed by atoms with Crippen LogP contribution in [0.1, 0.15) is 5.56 Å². The van der Waals surface area contributed by atoms with Crippen molar-refractivity contribution in [3.8, 4) is 0 Å². The number of halogens is 3. The molecule has 1 N–H and O–H groups in total. The van der Waals surface area contributed by atoms with E-state index in [9.17, 15) is 26.4 Å². The van der Waals surface area contributed by atoms with Crippen LogP contribution in [-0.4, -0.2) is 61.4 Å². The van der Waals surface area contributed by atoms with Crippen molar-refractivity contribution in [2.75, 3.05) is 26.7 Å². The average Bonchev–Trinajstić information content (AvgIpc) is 2.46. The number of carboxylic acid groups (broad SMARTS) is 1. The summed E-state index contributed by atoms with van der Waals surface area (Å²) in [6.07, 6.45) is -4.82. The summed E-state index contributed by atoms with van der Waals surface area (Å²) in [5.74, 6) is -1.23. The predicted octanol–water partition coefficient (Wildman–Crippen LogP) is 1.09. The lowest BCUT2D eigenvalue weighted by atomic mass is 10.2. The van der Waals surface area contributed by atoms with E-state index < -0.39 is 45.2 Å². The minimum Gasteiger partial charge on any atom is -0.480 e. The zero-order valence-corrected chi connectivity index (χ0v) is 12.9. The van der Waals surface area contributed by atoms with Crippen molar-refractivity contribution in [2.45, 2.75) is 17.1 Å². The Morgan fingerprint density at radius 3 is 2.43 bits per heavy atom. The molecule has 1 aromatic rings. The maximum Gasteiger partial charge on any atom is 0.417 e. The molecule has 0 bridgehead atoms. The molecule has 0 aliphatic carbocycles. The molecule has 23 heavy (non-hydrogen) atoms. The highest BCUT2D eigenvalue weighted by Crippen LogP contribution is 2.35. The lowest BCUT2D eigenvalue weighted by Gasteiger charge is -2.36. The Morgan fingerprint density at radius 2 is 1.87 bits per heavy atom. The van der Waals surface area contributed by atoms with Gasteiger partial charge in [-0.25, -0.2) is 8.42 Å². The van der Waals surface area contributed by atoms with Crippen LogP contribution in [-0.2, 0) is 21.0 Å². The summed E-state index contributed by atoms with van der Waals surface area (Å²) in [5, 5.41) is 9.10. The number of hydrogen-bond donors (Lipinski definition) is 1. The van der Waals surface area contributed by atoms with E-state index in [1.807, 2.05) is 0 Å². The number of carboxylic acids is 1. The fourth-order valence-electron chi connectivity index (χ4n) is 2.40. The Balaban J connectivity index is 2.42. The maximum absolute atomic E-state index is 13.0. The highest BCUT2D eigenvalue weighted by molar-refractivity contribution is 7.89. The van der Waals surface area contributed by atoms with Gasteiger partial charge in [0.05, 0.1) is 10.5 Å².